The van der Waals surface area contributed by atoms with Crippen molar-refractivity contribution in [2.45, 2.75) is 45.1 Å². The summed E-state index contributed by atoms with van der Waals surface area (Å²) in [6.45, 7) is 5.77. The Hall–Kier alpha value is -1.95. The summed E-state index contributed by atoms with van der Waals surface area (Å²) in [6.07, 6.45) is 8.03. The van der Waals surface area contributed by atoms with Gasteiger partial charge < -0.3 is 24.6 Å². The lowest BCUT2D eigenvalue weighted by Gasteiger charge is -2.28. The molecule has 2 fully saturated rings. The van der Waals surface area contributed by atoms with Gasteiger partial charge in [-0.3, -0.25) is 0 Å². The van der Waals surface area contributed by atoms with Crippen molar-refractivity contribution in [2.24, 2.45) is 5.92 Å². The van der Waals surface area contributed by atoms with Crippen molar-refractivity contribution in [3.05, 3.63) is 23.8 Å². The summed E-state index contributed by atoms with van der Waals surface area (Å²) < 4.78 is 10.7. The van der Waals surface area contributed by atoms with E-state index in [2.05, 4.69) is 10.2 Å². The van der Waals surface area contributed by atoms with E-state index >= 15 is 0 Å². The molecule has 2 heterocycles. The second kappa shape index (κ2) is 8.83. The van der Waals surface area contributed by atoms with Gasteiger partial charge in [0.2, 0.25) is 6.79 Å². The Kier molecular flexibility index (Phi) is 6.02. The molecule has 6 heteroatoms. The van der Waals surface area contributed by atoms with Gasteiger partial charge in [-0.1, -0.05) is 25.3 Å². The fraction of sp³-hybridized carbons (Fsp3) is 0.667. The van der Waals surface area contributed by atoms with Crippen LogP contribution in [0.25, 0.3) is 0 Å². The number of hydrogen-bond donors (Lipinski definition) is 1. The fourth-order valence-electron chi connectivity index (χ4n) is 4.43. The lowest BCUT2D eigenvalue weighted by molar-refractivity contribution is 0.174. The summed E-state index contributed by atoms with van der Waals surface area (Å²) in [7, 11) is 0. The summed E-state index contributed by atoms with van der Waals surface area (Å²) in [6, 6.07) is 5.85. The van der Waals surface area contributed by atoms with Gasteiger partial charge in [0.05, 0.1) is 0 Å². The second-order valence-electron chi connectivity index (χ2n) is 7.99. The fourth-order valence-corrected chi connectivity index (χ4v) is 4.43. The highest BCUT2D eigenvalue weighted by molar-refractivity contribution is 5.74. The molecular weight excluding hydrogens is 342 g/mol. The standard InChI is InChI=1S/C21H31N3O3/c25-21(22-14-18-7-8-19-20(13-18)27-16-26-19)24-10-4-9-23(11-12-24)15-17-5-2-1-3-6-17/h7-8,13,17H,1-6,9-12,14-16H2,(H,22,25). The minimum absolute atomic E-state index is 0.0344. The number of carbonyl (C=O) groups is 1. The minimum Gasteiger partial charge on any atom is -0.454 e. The molecule has 2 aliphatic heterocycles. The second-order valence-corrected chi connectivity index (χ2v) is 7.99. The molecule has 2 amide bonds. The first-order chi connectivity index (χ1) is 13.3. The summed E-state index contributed by atoms with van der Waals surface area (Å²) in [4.78, 5) is 17.1. The molecule has 1 aromatic carbocycles. The van der Waals surface area contributed by atoms with Gasteiger partial charge in [0.15, 0.2) is 11.5 Å². The number of carbonyl (C=O) groups excluding carboxylic acids is 1. The molecule has 3 aliphatic rings. The average Bonchev–Trinajstić information content (AvgIpc) is 3.04. The number of benzene rings is 1. The normalized spacial score (nSPS) is 21.1. The van der Waals surface area contributed by atoms with Gasteiger partial charge >= 0.3 is 6.03 Å². The highest BCUT2D eigenvalue weighted by atomic mass is 16.7. The van der Waals surface area contributed by atoms with Gasteiger partial charge in [0.25, 0.3) is 0 Å². The molecule has 0 atom stereocenters. The largest absolute Gasteiger partial charge is 0.454 e. The Morgan fingerprint density at radius 1 is 1.00 bits per heavy atom. The molecule has 27 heavy (non-hydrogen) atoms. The summed E-state index contributed by atoms with van der Waals surface area (Å²) in [5.41, 5.74) is 1.03. The van der Waals surface area contributed by atoms with E-state index in [-0.39, 0.29) is 12.8 Å². The first kappa shape index (κ1) is 18.4. The minimum atomic E-state index is 0.0344. The molecule has 0 bridgehead atoms. The number of nitrogens with one attached hydrogen (secondary N) is 1. The third-order valence-electron chi connectivity index (χ3n) is 6.00. The maximum absolute atomic E-state index is 12.6. The number of fused-ring (bicyclic) bond motifs is 1. The molecule has 1 saturated carbocycles. The lowest BCUT2D eigenvalue weighted by Crippen LogP contribution is -2.42. The number of urea groups is 1. The van der Waals surface area contributed by atoms with Crippen LogP contribution in [0.4, 0.5) is 4.79 Å². The van der Waals surface area contributed by atoms with Crippen molar-refractivity contribution in [1.29, 1.82) is 0 Å². The number of rotatable bonds is 4. The molecule has 4 rings (SSSR count). The number of amides is 2. The molecular formula is C21H31N3O3. The monoisotopic (exact) mass is 373 g/mol. The topological polar surface area (TPSA) is 54.0 Å². The first-order valence-electron chi connectivity index (χ1n) is 10.4. The van der Waals surface area contributed by atoms with Gasteiger partial charge in [0, 0.05) is 32.7 Å². The van der Waals surface area contributed by atoms with Crippen LogP contribution in [0.3, 0.4) is 0 Å². The number of hydrogen-bond acceptors (Lipinski definition) is 4. The van der Waals surface area contributed by atoms with Gasteiger partial charge in [-0.25, -0.2) is 4.79 Å². The predicted octanol–water partition coefficient (Wildman–Crippen LogP) is 3.21. The quantitative estimate of drug-likeness (QED) is 0.881. The van der Waals surface area contributed by atoms with Crippen molar-refractivity contribution in [1.82, 2.24) is 15.1 Å². The molecule has 1 N–H and O–H groups in total. The van der Waals surface area contributed by atoms with E-state index in [1.165, 1.54) is 38.6 Å². The lowest BCUT2D eigenvalue weighted by atomic mass is 9.89. The van der Waals surface area contributed by atoms with Crippen LogP contribution in [0.5, 0.6) is 11.5 Å². The molecule has 0 radical (unpaired) electrons. The smallest absolute Gasteiger partial charge is 0.317 e. The van der Waals surface area contributed by atoms with Gasteiger partial charge in [0.1, 0.15) is 0 Å². The number of ether oxygens (including phenoxy) is 2. The van der Waals surface area contributed by atoms with E-state index in [0.717, 1.165) is 55.6 Å². The molecule has 0 aromatic heterocycles. The van der Waals surface area contributed by atoms with Crippen LogP contribution in [-0.4, -0.2) is 55.3 Å². The summed E-state index contributed by atoms with van der Waals surface area (Å²) in [5, 5.41) is 3.06. The maximum Gasteiger partial charge on any atom is 0.317 e. The van der Waals surface area contributed by atoms with Gasteiger partial charge in [-0.15, -0.1) is 0 Å². The van der Waals surface area contributed by atoms with E-state index in [1.54, 1.807) is 0 Å². The van der Waals surface area contributed by atoms with E-state index in [4.69, 9.17) is 9.47 Å². The highest BCUT2D eigenvalue weighted by Gasteiger charge is 2.22. The molecule has 1 aromatic rings. The van der Waals surface area contributed by atoms with Gasteiger partial charge in [-0.05, 0) is 49.4 Å². The SMILES string of the molecule is O=C(NCc1ccc2c(c1)OCO2)N1CCCN(CC2CCCCC2)CC1. The number of nitrogens with zero attached hydrogens (tertiary/aromatic N) is 2. The first-order valence-corrected chi connectivity index (χ1v) is 10.4. The zero-order valence-electron chi connectivity index (χ0n) is 16.1. The summed E-state index contributed by atoms with van der Waals surface area (Å²) in [5.74, 6) is 2.40. The van der Waals surface area contributed by atoms with E-state index in [0.29, 0.717) is 6.54 Å². The van der Waals surface area contributed by atoms with Crippen molar-refractivity contribution >= 4 is 6.03 Å². The molecule has 6 nitrogen and oxygen atoms in total. The average molecular weight is 373 g/mol. The van der Waals surface area contributed by atoms with E-state index < -0.39 is 0 Å². The van der Waals surface area contributed by atoms with Gasteiger partial charge in [-0.2, -0.15) is 0 Å². The highest BCUT2D eigenvalue weighted by Crippen LogP contribution is 2.32. The van der Waals surface area contributed by atoms with Crippen LogP contribution in [0, 0.1) is 5.92 Å². The Morgan fingerprint density at radius 2 is 1.85 bits per heavy atom. The van der Waals surface area contributed by atoms with Crippen LogP contribution in [0.2, 0.25) is 0 Å². The third-order valence-corrected chi connectivity index (χ3v) is 6.00. The van der Waals surface area contributed by atoms with E-state index in [1.807, 2.05) is 23.1 Å². The van der Waals surface area contributed by atoms with E-state index in [9.17, 15) is 4.79 Å². The van der Waals surface area contributed by atoms with Crippen molar-refractivity contribution in [3.63, 3.8) is 0 Å². The molecule has 1 saturated heterocycles. The van der Waals surface area contributed by atoms with Crippen molar-refractivity contribution in [3.8, 4) is 11.5 Å². The molecule has 1 aliphatic carbocycles. The zero-order chi connectivity index (χ0) is 18.5. The third kappa shape index (κ3) is 4.86. The maximum atomic E-state index is 12.6. The molecule has 148 valence electrons. The Balaban J connectivity index is 1.23. The zero-order valence-corrected chi connectivity index (χ0v) is 16.1. The van der Waals surface area contributed by atoms with Crippen molar-refractivity contribution in [2.75, 3.05) is 39.5 Å². The predicted molar refractivity (Wildman–Crippen MR) is 104 cm³/mol. The molecule has 0 unspecified atom stereocenters. The Morgan fingerprint density at radius 3 is 2.74 bits per heavy atom. The summed E-state index contributed by atoms with van der Waals surface area (Å²) >= 11 is 0. The van der Waals surface area contributed by atoms with Crippen molar-refractivity contribution < 1.29 is 14.3 Å². The van der Waals surface area contributed by atoms with Crippen LogP contribution < -0.4 is 14.8 Å². The Labute approximate surface area is 161 Å². The molecule has 0 spiro atoms. The Bertz CT molecular complexity index is 646. The van der Waals surface area contributed by atoms with Crippen LogP contribution in [0.1, 0.15) is 44.1 Å². The van der Waals surface area contributed by atoms with Crippen LogP contribution in [-0.2, 0) is 6.54 Å². The van der Waals surface area contributed by atoms with Crippen LogP contribution in [0.15, 0.2) is 18.2 Å². The van der Waals surface area contributed by atoms with Crippen LogP contribution >= 0.6 is 0 Å².